The fourth-order valence-corrected chi connectivity index (χ4v) is 3.45. The van der Waals surface area contributed by atoms with E-state index >= 15 is 0 Å². The molecule has 1 saturated heterocycles. The molecule has 2 rings (SSSR count). The van der Waals surface area contributed by atoms with Gasteiger partial charge < -0.3 is 20.3 Å². The number of nitrogens with one attached hydrogen (secondary N) is 2. The van der Waals surface area contributed by atoms with E-state index in [0.717, 1.165) is 50.9 Å². The number of guanidine groups is 1. The van der Waals surface area contributed by atoms with Gasteiger partial charge in [-0.15, -0.1) is 24.0 Å². The molecule has 1 fully saturated rings. The molecule has 0 radical (unpaired) electrons. The van der Waals surface area contributed by atoms with E-state index in [1.807, 2.05) is 19.2 Å². The van der Waals surface area contributed by atoms with Gasteiger partial charge >= 0.3 is 0 Å². The van der Waals surface area contributed by atoms with Crippen LogP contribution < -0.4 is 15.4 Å². The fraction of sp³-hybridized carbons (Fsp3) is 0.650. The van der Waals surface area contributed by atoms with Gasteiger partial charge in [0.25, 0.3) is 0 Å². The summed E-state index contributed by atoms with van der Waals surface area (Å²) >= 11 is 0. The lowest BCUT2D eigenvalue weighted by Gasteiger charge is -2.30. The Kier molecular flexibility index (Phi) is 11.7. The first kappa shape index (κ1) is 24.0. The molecule has 1 aliphatic heterocycles. The number of likely N-dealkylation sites (tertiary alicyclic amines) is 1. The minimum absolute atomic E-state index is 0. The molecule has 1 unspecified atom stereocenters. The maximum absolute atomic E-state index is 5.62. The molecule has 2 N–H and O–H groups in total. The number of para-hydroxylation sites is 1. The summed E-state index contributed by atoms with van der Waals surface area (Å²) in [7, 11) is 7.77. The van der Waals surface area contributed by atoms with E-state index < -0.39 is 0 Å². The Bertz CT molecular complexity index is 561. The van der Waals surface area contributed by atoms with Crippen molar-refractivity contribution in [3.05, 3.63) is 29.8 Å². The van der Waals surface area contributed by atoms with Crippen molar-refractivity contribution in [1.29, 1.82) is 0 Å². The second-order valence-electron chi connectivity index (χ2n) is 7.04. The van der Waals surface area contributed by atoms with Crippen molar-refractivity contribution in [2.75, 3.05) is 61.0 Å². The van der Waals surface area contributed by atoms with Crippen LogP contribution in [0.15, 0.2) is 29.3 Å². The largest absolute Gasteiger partial charge is 0.496 e. The molecule has 0 spiro atoms. The zero-order valence-corrected chi connectivity index (χ0v) is 19.5. The van der Waals surface area contributed by atoms with Crippen molar-refractivity contribution in [2.24, 2.45) is 4.99 Å². The van der Waals surface area contributed by atoms with Crippen LogP contribution >= 0.6 is 24.0 Å². The quantitative estimate of drug-likeness (QED) is 0.242. The molecule has 0 amide bonds. The second kappa shape index (κ2) is 13.2. The van der Waals surface area contributed by atoms with Crippen molar-refractivity contribution in [3.63, 3.8) is 0 Å². The van der Waals surface area contributed by atoms with E-state index in [-0.39, 0.29) is 30.0 Å². The first-order valence-electron chi connectivity index (χ1n) is 9.62. The van der Waals surface area contributed by atoms with E-state index in [4.69, 9.17) is 4.74 Å². The Balaban J connectivity index is 0.00000364. The van der Waals surface area contributed by atoms with Crippen LogP contribution in [0.3, 0.4) is 0 Å². The summed E-state index contributed by atoms with van der Waals surface area (Å²) in [6, 6.07) is 8.63. The molecule has 0 bridgehead atoms. The zero-order chi connectivity index (χ0) is 18.8. The van der Waals surface area contributed by atoms with Crippen LogP contribution in [0.1, 0.15) is 30.9 Å². The normalized spacial score (nSPS) is 16.1. The van der Waals surface area contributed by atoms with Gasteiger partial charge in [0.05, 0.1) is 13.2 Å². The molecule has 1 aromatic rings. The standard InChI is InChI=1S/C20H35N5O.HI/c1-21-20(22-12-9-13-24(2)3)23-16-18(25-14-7-8-15-25)17-10-5-6-11-19(17)26-4;/h5-6,10-11,18H,7-9,12-16H2,1-4H3,(H2,21,22,23);1H. The highest BCUT2D eigenvalue weighted by molar-refractivity contribution is 14.0. The Morgan fingerprint density at radius 2 is 1.93 bits per heavy atom. The van der Waals surface area contributed by atoms with Crippen LogP contribution in [0.2, 0.25) is 0 Å². The maximum Gasteiger partial charge on any atom is 0.191 e. The molecule has 0 aliphatic carbocycles. The van der Waals surface area contributed by atoms with Gasteiger partial charge in [-0.2, -0.15) is 0 Å². The van der Waals surface area contributed by atoms with Gasteiger partial charge in [0.15, 0.2) is 5.96 Å². The number of benzene rings is 1. The molecule has 27 heavy (non-hydrogen) atoms. The first-order chi connectivity index (χ1) is 12.7. The monoisotopic (exact) mass is 489 g/mol. The van der Waals surface area contributed by atoms with Crippen LogP contribution in [-0.2, 0) is 0 Å². The topological polar surface area (TPSA) is 52.1 Å². The summed E-state index contributed by atoms with van der Waals surface area (Å²) in [5.74, 6) is 1.82. The summed E-state index contributed by atoms with van der Waals surface area (Å²) in [5, 5.41) is 6.93. The van der Waals surface area contributed by atoms with Crippen molar-refractivity contribution in [1.82, 2.24) is 20.4 Å². The van der Waals surface area contributed by atoms with Gasteiger partial charge in [-0.25, -0.2) is 0 Å². The average Bonchev–Trinajstić information content (AvgIpc) is 3.18. The Morgan fingerprint density at radius 1 is 1.22 bits per heavy atom. The van der Waals surface area contributed by atoms with Crippen LogP contribution in [0.5, 0.6) is 5.75 Å². The van der Waals surface area contributed by atoms with Gasteiger partial charge in [-0.05, 0) is 59.1 Å². The number of hydrogen-bond acceptors (Lipinski definition) is 4. The smallest absolute Gasteiger partial charge is 0.191 e. The molecule has 1 atom stereocenters. The summed E-state index contributed by atoms with van der Waals surface area (Å²) in [5.41, 5.74) is 1.24. The van der Waals surface area contributed by atoms with Gasteiger partial charge in [0, 0.05) is 25.7 Å². The number of ether oxygens (including phenoxy) is 1. The molecule has 154 valence electrons. The highest BCUT2D eigenvalue weighted by Crippen LogP contribution is 2.31. The van der Waals surface area contributed by atoms with Crippen molar-refractivity contribution in [3.8, 4) is 5.75 Å². The van der Waals surface area contributed by atoms with Gasteiger partial charge in [-0.3, -0.25) is 9.89 Å². The van der Waals surface area contributed by atoms with E-state index in [1.165, 1.54) is 18.4 Å². The number of rotatable bonds is 9. The van der Waals surface area contributed by atoms with E-state index in [1.54, 1.807) is 7.11 Å². The minimum Gasteiger partial charge on any atom is -0.496 e. The predicted octanol–water partition coefficient (Wildman–Crippen LogP) is 2.57. The lowest BCUT2D eigenvalue weighted by molar-refractivity contribution is 0.239. The average molecular weight is 489 g/mol. The van der Waals surface area contributed by atoms with Gasteiger partial charge in [0.1, 0.15) is 5.75 Å². The summed E-state index contributed by atoms with van der Waals surface area (Å²) < 4.78 is 5.62. The number of hydrogen-bond donors (Lipinski definition) is 2. The number of nitrogens with zero attached hydrogens (tertiary/aromatic N) is 3. The first-order valence-corrected chi connectivity index (χ1v) is 9.62. The zero-order valence-electron chi connectivity index (χ0n) is 17.2. The third-order valence-electron chi connectivity index (χ3n) is 4.84. The predicted molar refractivity (Wildman–Crippen MR) is 124 cm³/mol. The summed E-state index contributed by atoms with van der Waals surface area (Å²) in [4.78, 5) is 9.11. The molecular formula is C20H36IN5O. The number of halogens is 1. The van der Waals surface area contributed by atoms with E-state index in [2.05, 4.69) is 51.7 Å². The molecule has 1 aromatic carbocycles. The van der Waals surface area contributed by atoms with Crippen LogP contribution in [0, 0.1) is 0 Å². The summed E-state index contributed by atoms with van der Waals surface area (Å²) in [6.07, 6.45) is 3.63. The minimum atomic E-state index is 0. The molecule has 6 nitrogen and oxygen atoms in total. The number of aliphatic imine (C=N–C) groups is 1. The molecular weight excluding hydrogens is 453 g/mol. The fourth-order valence-electron chi connectivity index (χ4n) is 3.45. The van der Waals surface area contributed by atoms with E-state index in [0.29, 0.717) is 0 Å². The van der Waals surface area contributed by atoms with Crippen molar-refractivity contribution in [2.45, 2.75) is 25.3 Å². The molecule has 1 aliphatic rings. The van der Waals surface area contributed by atoms with Crippen LogP contribution in [-0.4, -0.2) is 76.7 Å². The SMILES string of the molecule is CN=C(NCCCN(C)C)NCC(c1ccccc1OC)N1CCCC1.I. The molecule has 1 heterocycles. The Hall–Kier alpha value is -1.06. The molecule has 7 heteroatoms. The number of methoxy groups -OCH3 is 1. The van der Waals surface area contributed by atoms with Crippen molar-refractivity contribution < 1.29 is 4.74 Å². The maximum atomic E-state index is 5.62. The summed E-state index contributed by atoms with van der Waals surface area (Å²) in [6.45, 7) is 5.08. The lowest BCUT2D eigenvalue weighted by Crippen LogP contribution is -2.43. The molecule has 0 aromatic heterocycles. The highest BCUT2D eigenvalue weighted by atomic mass is 127. The second-order valence-corrected chi connectivity index (χ2v) is 7.04. The highest BCUT2D eigenvalue weighted by Gasteiger charge is 2.25. The van der Waals surface area contributed by atoms with Crippen molar-refractivity contribution >= 4 is 29.9 Å². The van der Waals surface area contributed by atoms with E-state index in [9.17, 15) is 0 Å². The Labute approximate surface area is 181 Å². The van der Waals surface area contributed by atoms with Crippen LogP contribution in [0.4, 0.5) is 0 Å². The third-order valence-corrected chi connectivity index (χ3v) is 4.84. The van der Waals surface area contributed by atoms with Gasteiger partial charge in [0.2, 0.25) is 0 Å². The Morgan fingerprint density at radius 3 is 2.56 bits per heavy atom. The van der Waals surface area contributed by atoms with Crippen LogP contribution in [0.25, 0.3) is 0 Å². The van der Waals surface area contributed by atoms with Gasteiger partial charge in [-0.1, -0.05) is 18.2 Å². The third kappa shape index (κ3) is 7.83. The lowest BCUT2D eigenvalue weighted by atomic mass is 10.0. The molecule has 0 saturated carbocycles.